The van der Waals surface area contributed by atoms with E-state index in [9.17, 15) is 4.79 Å². The minimum atomic E-state index is -0.616. The molecule has 0 bridgehead atoms. The van der Waals surface area contributed by atoms with Crippen molar-refractivity contribution in [1.82, 2.24) is 10.4 Å². The van der Waals surface area contributed by atoms with Crippen LogP contribution in [0.25, 0.3) is 0 Å². The third-order valence-corrected chi connectivity index (χ3v) is 1.46. The molecule has 0 aliphatic rings. The van der Waals surface area contributed by atoms with Gasteiger partial charge in [0.1, 0.15) is 5.75 Å². The number of hydrogen-bond acceptors (Lipinski definition) is 4. The molecule has 0 saturated heterocycles. The standard InChI is InChI=1S/C8H11N3O2/c1-6(8(12)11-9)13-7-3-2-4-10-5-7/h2-6H,9H2,1H3,(H,11,12). The molecule has 0 saturated carbocycles. The highest BCUT2D eigenvalue weighted by molar-refractivity contribution is 5.79. The highest BCUT2D eigenvalue weighted by Gasteiger charge is 2.12. The van der Waals surface area contributed by atoms with Crippen molar-refractivity contribution >= 4 is 5.91 Å². The largest absolute Gasteiger partial charge is 0.479 e. The third kappa shape index (κ3) is 2.72. The smallest absolute Gasteiger partial charge is 0.274 e. The van der Waals surface area contributed by atoms with E-state index < -0.39 is 6.10 Å². The number of hydrazine groups is 1. The van der Waals surface area contributed by atoms with E-state index >= 15 is 0 Å². The number of nitrogens with one attached hydrogen (secondary N) is 1. The number of carbonyl (C=O) groups excluding carboxylic acids is 1. The van der Waals surface area contributed by atoms with Gasteiger partial charge in [-0.05, 0) is 19.1 Å². The SMILES string of the molecule is CC(Oc1cccnc1)C(=O)NN. The lowest BCUT2D eigenvalue weighted by atomic mass is 10.4. The summed E-state index contributed by atoms with van der Waals surface area (Å²) in [5.41, 5.74) is 2.00. The van der Waals surface area contributed by atoms with Crippen LogP contribution >= 0.6 is 0 Å². The highest BCUT2D eigenvalue weighted by atomic mass is 16.5. The lowest BCUT2D eigenvalue weighted by molar-refractivity contribution is -0.127. The summed E-state index contributed by atoms with van der Waals surface area (Å²) in [6.07, 6.45) is 2.54. The Morgan fingerprint density at radius 3 is 3.08 bits per heavy atom. The van der Waals surface area contributed by atoms with E-state index in [0.717, 1.165) is 0 Å². The molecule has 0 spiro atoms. The van der Waals surface area contributed by atoms with Crippen molar-refractivity contribution in [2.24, 2.45) is 5.84 Å². The summed E-state index contributed by atoms with van der Waals surface area (Å²) >= 11 is 0. The average Bonchev–Trinajstić information content (AvgIpc) is 2.18. The number of hydrogen-bond donors (Lipinski definition) is 2. The molecule has 1 amide bonds. The van der Waals surface area contributed by atoms with Gasteiger partial charge in [-0.15, -0.1) is 0 Å². The highest BCUT2D eigenvalue weighted by Crippen LogP contribution is 2.08. The zero-order valence-corrected chi connectivity index (χ0v) is 7.23. The fourth-order valence-electron chi connectivity index (χ4n) is 0.792. The van der Waals surface area contributed by atoms with E-state index in [2.05, 4.69) is 4.98 Å². The predicted molar refractivity (Wildman–Crippen MR) is 46.7 cm³/mol. The first-order valence-electron chi connectivity index (χ1n) is 3.81. The van der Waals surface area contributed by atoms with Gasteiger partial charge >= 0.3 is 0 Å². The van der Waals surface area contributed by atoms with Crippen molar-refractivity contribution in [2.75, 3.05) is 0 Å². The van der Waals surface area contributed by atoms with Gasteiger partial charge in [-0.25, -0.2) is 5.84 Å². The Morgan fingerprint density at radius 1 is 1.77 bits per heavy atom. The zero-order valence-electron chi connectivity index (χ0n) is 7.23. The Hall–Kier alpha value is -1.62. The third-order valence-electron chi connectivity index (χ3n) is 1.46. The van der Waals surface area contributed by atoms with E-state index in [1.54, 1.807) is 25.3 Å². The summed E-state index contributed by atoms with van der Waals surface area (Å²) < 4.78 is 5.21. The summed E-state index contributed by atoms with van der Waals surface area (Å²) in [5, 5.41) is 0. The fraction of sp³-hybridized carbons (Fsp3) is 0.250. The molecular weight excluding hydrogens is 170 g/mol. The number of pyridine rings is 1. The maximum atomic E-state index is 10.9. The van der Waals surface area contributed by atoms with E-state index in [1.165, 1.54) is 6.20 Å². The van der Waals surface area contributed by atoms with Gasteiger partial charge in [-0.3, -0.25) is 15.2 Å². The normalized spacial score (nSPS) is 11.8. The van der Waals surface area contributed by atoms with Crippen LogP contribution in [0.4, 0.5) is 0 Å². The lowest BCUT2D eigenvalue weighted by Gasteiger charge is -2.11. The molecule has 0 radical (unpaired) electrons. The molecule has 0 aromatic carbocycles. The number of ether oxygens (including phenoxy) is 1. The molecular formula is C8H11N3O2. The number of amides is 1. The van der Waals surface area contributed by atoms with E-state index in [1.807, 2.05) is 5.43 Å². The van der Waals surface area contributed by atoms with Gasteiger partial charge < -0.3 is 4.74 Å². The fourth-order valence-corrected chi connectivity index (χ4v) is 0.792. The molecule has 13 heavy (non-hydrogen) atoms. The van der Waals surface area contributed by atoms with Crippen LogP contribution in [0.3, 0.4) is 0 Å². The van der Waals surface area contributed by atoms with Gasteiger partial charge in [0.05, 0.1) is 6.20 Å². The molecule has 5 nitrogen and oxygen atoms in total. The van der Waals surface area contributed by atoms with Crippen molar-refractivity contribution in [3.63, 3.8) is 0 Å². The summed E-state index contributed by atoms with van der Waals surface area (Å²) in [7, 11) is 0. The van der Waals surface area contributed by atoms with Gasteiger partial charge in [0.15, 0.2) is 6.10 Å². The molecule has 3 N–H and O–H groups in total. The van der Waals surface area contributed by atoms with Crippen LogP contribution in [0, 0.1) is 0 Å². The van der Waals surface area contributed by atoms with Crippen LogP contribution in [0.15, 0.2) is 24.5 Å². The Kier molecular flexibility index (Phi) is 3.22. The van der Waals surface area contributed by atoms with Crippen LogP contribution in [0.5, 0.6) is 5.75 Å². The molecule has 5 heteroatoms. The van der Waals surface area contributed by atoms with Crippen molar-refractivity contribution in [3.05, 3.63) is 24.5 Å². The summed E-state index contributed by atoms with van der Waals surface area (Å²) in [4.78, 5) is 14.8. The maximum Gasteiger partial charge on any atom is 0.274 e. The van der Waals surface area contributed by atoms with Crippen molar-refractivity contribution in [3.8, 4) is 5.75 Å². The van der Waals surface area contributed by atoms with Gasteiger partial charge in [-0.1, -0.05) is 0 Å². The van der Waals surface area contributed by atoms with E-state index in [4.69, 9.17) is 10.6 Å². The van der Waals surface area contributed by atoms with Gasteiger partial charge in [0, 0.05) is 6.20 Å². The predicted octanol–water partition coefficient (Wildman–Crippen LogP) is -0.161. The number of aromatic nitrogens is 1. The van der Waals surface area contributed by atoms with E-state index in [-0.39, 0.29) is 5.91 Å². The molecule has 0 aliphatic heterocycles. The minimum Gasteiger partial charge on any atom is -0.479 e. The Balaban J connectivity index is 2.55. The molecule has 70 valence electrons. The topological polar surface area (TPSA) is 77.2 Å². The summed E-state index contributed by atoms with van der Waals surface area (Å²) in [6, 6.07) is 3.44. The first-order chi connectivity index (χ1) is 6.24. The molecule has 0 aliphatic carbocycles. The van der Waals surface area contributed by atoms with Gasteiger partial charge in [-0.2, -0.15) is 0 Å². The summed E-state index contributed by atoms with van der Waals surface area (Å²) in [6.45, 7) is 1.61. The van der Waals surface area contributed by atoms with Crippen LogP contribution < -0.4 is 16.0 Å². The molecule has 1 atom stereocenters. The molecule has 1 rings (SSSR count). The molecule has 1 heterocycles. The van der Waals surface area contributed by atoms with Crippen LogP contribution in [0.1, 0.15) is 6.92 Å². The average molecular weight is 181 g/mol. The Morgan fingerprint density at radius 2 is 2.54 bits per heavy atom. The second-order valence-electron chi connectivity index (χ2n) is 2.46. The first-order valence-corrected chi connectivity index (χ1v) is 3.81. The Bertz CT molecular complexity index is 276. The van der Waals surface area contributed by atoms with Crippen LogP contribution in [-0.4, -0.2) is 17.0 Å². The monoisotopic (exact) mass is 181 g/mol. The van der Waals surface area contributed by atoms with Crippen molar-refractivity contribution < 1.29 is 9.53 Å². The molecule has 1 unspecified atom stereocenters. The van der Waals surface area contributed by atoms with Crippen LogP contribution in [0.2, 0.25) is 0 Å². The van der Waals surface area contributed by atoms with E-state index in [0.29, 0.717) is 5.75 Å². The number of nitrogens with zero attached hydrogens (tertiary/aromatic N) is 1. The molecule has 0 fully saturated rings. The summed E-state index contributed by atoms with van der Waals surface area (Å²) in [5.74, 6) is 5.10. The second-order valence-corrected chi connectivity index (χ2v) is 2.46. The first kappa shape index (κ1) is 9.47. The Labute approximate surface area is 75.9 Å². The van der Waals surface area contributed by atoms with Gasteiger partial charge in [0.2, 0.25) is 0 Å². The number of carbonyl (C=O) groups is 1. The quantitative estimate of drug-likeness (QED) is 0.386. The van der Waals surface area contributed by atoms with Crippen molar-refractivity contribution in [2.45, 2.75) is 13.0 Å². The molecule has 1 aromatic heterocycles. The second kappa shape index (κ2) is 4.42. The van der Waals surface area contributed by atoms with Crippen molar-refractivity contribution in [1.29, 1.82) is 0 Å². The number of rotatable bonds is 3. The number of nitrogens with two attached hydrogens (primary N) is 1. The minimum absolute atomic E-state index is 0.371. The maximum absolute atomic E-state index is 10.9. The van der Waals surface area contributed by atoms with Crippen LogP contribution in [-0.2, 0) is 4.79 Å². The molecule has 1 aromatic rings. The van der Waals surface area contributed by atoms with Gasteiger partial charge in [0.25, 0.3) is 5.91 Å². The zero-order chi connectivity index (χ0) is 9.68. The lowest BCUT2D eigenvalue weighted by Crippen LogP contribution is -2.40.